The van der Waals surface area contributed by atoms with E-state index in [-0.39, 0.29) is 0 Å². The zero-order valence-corrected chi connectivity index (χ0v) is 12.0. The maximum atomic E-state index is 6.14. The highest BCUT2D eigenvalue weighted by molar-refractivity contribution is 9.09. The smallest absolute Gasteiger partial charge is 0.318 e. The van der Waals surface area contributed by atoms with Crippen molar-refractivity contribution in [3.05, 3.63) is 11.2 Å². The Labute approximate surface area is 114 Å². The number of hydrogen-bond acceptors (Lipinski definition) is 4. The van der Waals surface area contributed by atoms with Crippen LogP contribution in [-0.2, 0) is 0 Å². The van der Waals surface area contributed by atoms with Gasteiger partial charge in [-0.1, -0.05) is 27.5 Å². The molecule has 1 aromatic rings. The summed E-state index contributed by atoms with van der Waals surface area (Å²) in [4.78, 5) is 10.5. The lowest BCUT2D eigenvalue weighted by Crippen LogP contribution is -2.36. The summed E-state index contributed by atoms with van der Waals surface area (Å²) in [6.45, 7) is 1.97. The van der Waals surface area contributed by atoms with Crippen molar-refractivity contribution in [3.8, 4) is 6.01 Å². The van der Waals surface area contributed by atoms with Crippen molar-refractivity contribution in [2.75, 3.05) is 30.4 Å². The first-order valence-electron chi connectivity index (χ1n) is 5.62. The van der Waals surface area contributed by atoms with E-state index in [1.807, 2.05) is 0 Å². The van der Waals surface area contributed by atoms with Gasteiger partial charge in [-0.25, -0.2) is 4.98 Å². The molecule has 0 radical (unpaired) electrons. The van der Waals surface area contributed by atoms with Gasteiger partial charge in [0.15, 0.2) is 5.82 Å². The molecule has 1 fully saturated rings. The molecule has 1 atom stereocenters. The quantitative estimate of drug-likeness (QED) is 0.803. The predicted octanol–water partition coefficient (Wildman–Crippen LogP) is 2.75. The van der Waals surface area contributed by atoms with Gasteiger partial charge in [0.2, 0.25) is 0 Å². The Hall–Kier alpha value is -0.550. The number of halogens is 2. The van der Waals surface area contributed by atoms with E-state index in [2.05, 4.69) is 30.8 Å². The Morgan fingerprint density at radius 3 is 3.18 bits per heavy atom. The third-order valence-corrected chi connectivity index (χ3v) is 4.11. The lowest BCUT2D eigenvalue weighted by molar-refractivity contribution is 0.378. The molecule has 2 heterocycles. The number of ether oxygens (including phenoxy) is 1. The highest BCUT2D eigenvalue weighted by Gasteiger charge is 2.22. The van der Waals surface area contributed by atoms with Gasteiger partial charge < -0.3 is 9.64 Å². The van der Waals surface area contributed by atoms with Gasteiger partial charge in [-0.05, 0) is 18.8 Å². The largest absolute Gasteiger partial charge is 0.467 e. The maximum absolute atomic E-state index is 6.14. The van der Waals surface area contributed by atoms with Gasteiger partial charge in [-0.2, -0.15) is 4.98 Å². The molecule has 0 aliphatic carbocycles. The highest BCUT2D eigenvalue weighted by Crippen LogP contribution is 2.29. The van der Waals surface area contributed by atoms with E-state index in [0.29, 0.717) is 17.0 Å². The molecule has 94 valence electrons. The van der Waals surface area contributed by atoms with E-state index in [1.54, 1.807) is 13.3 Å². The van der Waals surface area contributed by atoms with E-state index in [9.17, 15) is 0 Å². The second-order valence-corrected chi connectivity index (χ2v) is 5.19. The summed E-state index contributed by atoms with van der Waals surface area (Å²) in [5.74, 6) is 1.44. The molecule has 6 heteroatoms. The fraction of sp³-hybridized carbons (Fsp3) is 0.636. The van der Waals surface area contributed by atoms with Crippen molar-refractivity contribution in [1.82, 2.24) is 9.97 Å². The average molecular weight is 321 g/mol. The topological polar surface area (TPSA) is 38.2 Å². The normalized spacial score (nSPS) is 20.4. The molecule has 1 aromatic heterocycles. The first-order chi connectivity index (χ1) is 8.24. The van der Waals surface area contributed by atoms with Gasteiger partial charge in [0, 0.05) is 18.4 Å². The molecule has 17 heavy (non-hydrogen) atoms. The van der Waals surface area contributed by atoms with Crippen molar-refractivity contribution in [2.24, 2.45) is 5.92 Å². The van der Waals surface area contributed by atoms with Crippen LogP contribution in [0.1, 0.15) is 12.8 Å². The van der Waals surface area contributed by atoms with Crippen LogP contribution in [0.2, 0.25) is 5.02 Å². The lowest BCUT2D eigenvalue weighted by Gasteiger charge is -2.33. The van der Waals surface area contributed by atoms with E-state index in [0.717, 1.165) is 24.2 Å². The van der Waals surface area contributed by atoms with Gasteiger partial charge in [-0.3, -0.25) is 0 Å². The molecular weight excluding hydrogens is 305 g/mol. The SMILES string of the molecule is COc1ncc(Cl)c(N2CCCC(CBr)C2)n1. The molecular formula is C11H15BrClN3O. The number of nitrogens with zero attached hydrogens (tertiary/aromatic N) is 3. The fourth-order valence-electron chi connectivity index (χ4n) is 2.05. The molecule has 0 aromatic carbocycles. The van der Waals surface area contributed by atoms with E-state index in [4.69, 9.17) is 16.3 Å². The summed E-state index contributed by atoms with van der Waals surface area (Å²) in [6.07, 6.45) is 4.01. The molecule has 0 amide bonds. The standard InChI is InChI=1S/C11H15BrClN3O/c1-17-11-14-6-9(13)10(15-11)16-4-2-3-8(5-12)7-16/h6,8H,2-5,7H2,1H3. The summed E-state index contributed by atoms with van der Waals surface area (Å²) in [7, 11) is 1.56. The van der Waals surface area contributed by atoms with Crippen LogP contribution >= 0.6 is 27.5 Å². The Morgan fingerprint density at radius 1 is 1.65 bits per heavy atom. The zero-order valence-electron chi connectivity index (χ0n) is 9.70. The summed E-state index contributed by atoms with van der Waals surface area (Å²) in [5.41, 5.74) is 0. The molecule has 2 rings (SSSR count). The number of methoxy groups -OCH3 is 1. The minimum absolute atomic E-state index is 0.366. The monoisotopic (exact) mass is 319 g/mol. The molecule has 1 unspecified atom stereocenters. The summed E-state index contributed by atoms with van der Waals surface area (Å²) in [6, 6.07) is 0.366. The Kier molecular flexibility index (Phi) is 4.45. The van der Waals surface area contributed by atoms with Gasteiger partial charge in [-0.15, -0.1) is 0 Å². The summed E-state index contributed by atoms with van der Waals surface area (Å²) >= 11 is 9.68. The second-order valence-electron chi connectivity index (χ2n) is 4.14. The molecule has 0 saturated carbocycles. The highest BCUT2D eigenvalue weighted by atomic mass is 79.9. The number of rotatable bonds is 3. The Balaban J connectivity index is 2.20. The first-order valence-corrected chi connectivity index (χ1v) is 7.12. The van der Waals surface area contributed by atoms with Gasteiger partial charge in [0.05, 0.1) is 13.3 Å². The number of hydrogen-bond donors (Lipinski definition) is 0. The van der Waals surface area contributed by atoms with Crippen LogP contribution in [0.25, 0.3) is 0 Å². The minimum atomic E-state index is 0.366. The first kappa shape index (κ1) is 12.9. The van der Waals surface area contributed by atoms with Crippen LogP contribution in [0.4, 0.5) is 5.82 Å². The van der Waals surface area contributed by atoms with Crippen LogP contribution in [0, 0.1) is 5.92 Å². The summed E-state index contributed by atoms with van der Waals surface area (Å²) < 4.78 is 5.04. The molecule has 0 N–H and O–H groups in total. The number of aromatic nitrogens is 2. The molecule has 0 spiro atoms. The number of alkyl halides is 1. The van der Waals surface area contributed by atoms with Crippen LogP contribution in [-0.4, -0.2) is 35.5 Å². The summed E-state index contributed by atoms with van der Waals surface area (Å²) in [5, 5.41) is 1.60. The average Bonchev–Trinajstić information content (AvgIpc) is 2.39. The number of piperidine rings is 1. The maximum Gasteiger partial charge on any atom is 0.318 e. The fourth-order valence-corrected chi connectivity index (χ4v) is 2.79. The lowest BCUT2D eigenvalue weighted by atomic mass is 10.0. The minimum Gasteiger partial charge on any atom is -0.467 e. The molecule has 4 nitrogen and oxygen atoms in total. The van der Waals surface area contributed by atoms with Crippen molar-refractivity contribution in [2.45, 2.75) is 12.8 Å². The van der Waals surface area contributed by atoms with Crippen LogP contribution in [0.5, 0.6) is 6.01 Å². The number of anilines is 1. The van der Waals surface area contributed by atoms with E-state index >= 15 is 0 Å². The van der Waals surface area contributed by atoms with Gasteiger partial charge in [0.1, 0.15) is 5.02 Å². The van der Waals surface area contributed by atoms with E-state index in [1.165, 1.54) is 12.8 Å². The molecule has 0 bridgehead atoms. The van der Waals surface area contributed by atoms with Crippen molar-refractivity contribution in [3.63, 3.8) is 0 Å². The third-order valence-electron chi connectivity index (χ3n) is 2.92. The van der Waals surface area contributed by atoms with Gasteiger partial charge in [0.25, 0.3) is 0 Å². The molecule has 1 aliphatic rings. The zero-order chi connectivity index (χ0) is 12.3. The third kappa shape index (κ3) is 3.01. The second kappa shape index (κ2) is 5.87. The molecule has 1 saturated heterocycles. The van der Waals surface area contributed by atoms with Crippen molar-refractivity contribution in [1.29, 1.82) is 0 Å². The molecule has 1 aliphatic heterocycles. The van der Waals surface area contributed by atoms with Crippen LogP contribution in [0.3, 0.4) is 0 Å². The van der Waals surface area contributed by atoms with Crippen molar-refractivity contribution >= 4 is 33.3 Å². The van der Waals surface area contributed by atoms with Gasteiger partial charge >= 0.3 is 6.01 Å². The van der Waals surface area contributed by atoms with E-state index < -0.39 is 0 Å². The Bertz CT molecular complexity index is 391. The Morgan fingerprint density at radius 2 is 2.47 bits per heavy atom. The van der Waals surface area contributed by atoms with Crippen molar-refractivity contribution < 1.29 is 4.74 Å². The van der Waals surface area contributed by atoms with Crippen LogP contribution in [0.15, 0.2) is 6.20 Å². The van der Waals surface area contributed by atoms with Crippen LogP contribution < -0.4 is 9.64 Å². The predicted molar refractivity (Wildman–Crippen MR) is 72.3 cm³/mol.